The molecule has 0 spiro atoms. The lowest BCUT2D eigenvalue weighted by Gasteiger charge is -2.15. The van der Waals surface area contributed by atoms with Gasteiger partial charge in [-0.15, -0.1) is 0 Å². The molecule has 1 aromatic rings. The summed E-state index contributed by atoms with van der Waals surface area (Å²) in [6.07, 6.45) is 9.22. The molecule has 1 saturated carbocycles. The van der Waals surface area contributed by atoms with Gasteiger partial charge in [-0.1, -0.05) is 57.2 Å². The first-order chi connectivity index (χ1) is 10.7. The van der Waals surface area contributed by atoms with Crippen molar-refractivity contribution in [2.45, 2.75) is 65.2 Å². The summed E-state index contributed by atoms with van der Waals surface area (Å²) in [5.41, 5.74) is 0.944. The third-order valence-electron chi connectivity index (χ3n) is 4.48. The molecule has 0 heterocycles. The highest BCUT2D eigenvalue weighted by molar-refractivity contribution is 5.98. The van der Waals surface area contributed by atoms with Crippen molar-refractivity contribution in [2.75, 3.05) is 0 Å². The Morgan fingerprint density at radius 1 is 1.14 bits per heavy atom. The molecule has 0 amide bonds. The number of hydrogen-bond acceptors (Lipinski definition) is 2. The Kier molecular flexibility index (Phi) is 6.70. The van der Waals surface area contributed by atoms with Gasteiger partial charge in [-0.2, -0.15) is 0 Å². The number of unbranched alkanes of at least 4 members (excludes halogenated alkanes) is 4. The van der Waals surface area contributed by atoms with E-state index in [-0.39, 0.29) is 5.78 Å². The molecule has 1 aliphatic rings. The molecule has 0 saturated heterocycles. The van der Waals surface area contributed by atoms with Crippen molar-refractivity contribution in [2.24, 2.45) is 5.92 Å². The summed E-state index contributed by atoms with van der Waals surface area (Å²) in [7, 11) is 0. The van der Waals surface area contributed by atoms with Gasteiger partial charge < -0.3 is 4.74 Å². The standard InChI is InChI=1S/C20H28O2/c1-3-4-5-6-8-11-17-14-15-19(21)20(17)16(2)22-18-12-9-7-10-13-18/h7,9-10,12-13,17H,3-6,8,11,14-15H2,1-2H3/b20-16+. The van der Waals surface area contributed by atoms with E-state index in [2.05, 4.69) is 6.92 Å². The molecule has 0 aromatic heterocycles. The van der Waals surface area contributed by atoms with Crippen molar-refractivity contribution in [1.29, 1.82) is 0 Å². The highest BCUT2D eigenvalue weighted by atomic mass is 16.5. The fourth-order valence-corrected chi connectivity index (χ4v) is 3.30. The molecule has 0 aliphatic heterocycles. The second-order valence-electron chi connectivity index (χ2n) is 6.25. The van der Waals surface area contributed by atoms with E-state index in [4.69, 9.17) is 4.74 Å². The number of hydrogen-bond donors (Lipinski definition) is 0. The summed E-state index contributed by atoms with van der Waals surface area (Å²) in [4.78, 5) is 12.2. The zero-order valence-electron chi connectivity index (χ0n) is 13.9. The number of ketones is 1. The fourth-order valence-electron chi connectivity index (χ4n) is 3.30. The van der Waals surface area contributed by atoms with Gasteiger partial charge in [-0.3, -0.25) is 4.79 Å². The van der Waals surface area contributed by atoms with Crippen LogP contribution in [-0.4, -0.2) is 5.78 Å². The molecule has 1 unspecified atom stereocenters. The van der Waals surface area contributed by atoms with Gasteiger partial charge in [0.05, 0.1) is 0 Å². The van der Waals surface area contributed by atoms with E-state index >= 15 is 0 Å². The summed E-state index contributed by atoms with van der Waals surface area (Å²) < 4.78 is 5.90. The first-order valence-corrected chi connectivity index (χ1v) is 8.69. The van der Waals surface area contributed by atoms with Crippen molar-refractivity contribution < 1.29 is 9.53 Å². The third-order valence-corrected chi connectivity index (χ3v) is 4.48. The lowest BCUT2D eigenvalue weighted by Crippen LogP contribution is -2.08. The van der Waals surface area contributed by atoms with Gasteiger partial charge in [0, 0.05) is 12.0 Å². The van der Waals surface area contributed by atoms with Crippen LogP contribution in [0.4, 0.5) is 0 Å². The molecular formula is C20H28O2. The summed E-state index contributed by atoms with van der Waals surface area (Å²) in [6, 6.07) is 9.74. The molecule has 22 heavy (non-hydrogen) atoms. The lowest BCUT2D eigenvalue weighted by atomic mass is 9.94. The van der Waals surface area contributed by atoms with Crippen LogP contribution in [0.3, 0.4) is 0 Å². The lowest BCUT2D eigenvalue weighted by molar-refractivity contribution is -0.114. The maximum atomic E-state index is 12.2. The highest BCUT2D eigenvalue weighted by Crippen LogP contribution is 2.35. The zero-order valence-corrected chi connectivity index (χ0v) is 13.9. The minimum Gasteiger partial charge on any atom is -0.462 e. The minimum atomic E-state index is 0.284. The Balaban J connectivity index is 1.95. The molecular weight excluding hydrogens is 272 g/mol. The van der Waals surface area contributed by atoms with Crippen molar-refractivity contribution in [3.8, 4) is 5.75 Å². The predicted molar refractivity (Wildman–Crippen MR) is 90.9 cm³/mol. The van der Waals surface area contributed by atoms with Gasteiger partial charge in [0.15, 0.2) is 5.78 Å². The van der Waals surface area contributed by atoms with Crippen molar-refractivity contribution >= 4 is 5.78 Å². The van der Waals surface area contributed by atoms with Crippen LogP contribution in [0.2, 0.25) is 0 Å². The van der Waals surface area contributed by atoms with Gasteiger partial charge in [0.2, 0.25) is 0 Å². The smallest absolute Gasteiger partial charge is 0.162 e. The molecule has 1 aliphatic carbocycles. The Bertz CT molecular complexity index is 502. The molecule has 1 atom stereocenters. The van der Waals surface area contributed by atoms with Crippen LogP contribution in [0.15, 0.2) is 41.7 Å². The average Bonchev–Trinajstić information content (AvgIpc) is 2.89. The first kappa shape index (κ1) is 16.8. The topological polar surface area (TPSA) is 26.3 Å². The average molecular weight is 300 g/mol. The quantitative estimate of drug-likeness (QED) is 0.351. The van der Waals surface area contributed by atoms with Crippen LogP contribution >= 0.6 is 0 Å². The second kappa shape index (κ2) is 8.77. The predicted octanol–water partition coefficient (Wildman–Crippen LogP) is 5.68. The second-order valence-corrected chi connectivity index (χ2v) is 6.25. The zero-order chi connectivity index (χ0) is 15.8. The number of carbonyl (C=O) groups excluding carboxylic acids is 1. The number of Topliss-reactive ketones (excluding diaryl/α,β-unsaturated/α-hetero) is 1. The van der Waals surface area contributed by atoms with Crippen molar-refractivity contribution in [3.63, 3.8) is 0 Å². The van der Waals surface area contributed by atoms with Crippen molar-refractivity contribution in [1.82, 2.24) is 0 Å². The van der Waals surface area contributed by atoms with Crippen LogP contribution in [0.5, 0.6) is 5.75 Å². The molecule has 120 valence electrons. The summed E-state index contributed by atoms with van der Waals surface area (Å²) in [5.74, 6) is 2.30. The number of allylic oxidation sites excluding steroid dienone is 2. The normalized spacial score (nSPS) is 20.3. The summed E-state index contributed by atoms with van der Waals surface area (Å²) in [5, 5.41) is 0. The Morgan fingerprint density at radius 2 is 1.86 bits per heavy atom. The maximum Gasteiger partial charge on any atom is 0.162 e. The number of para-hydroxylation sites is 1. The molecule has 1 aromatic carbocycles. The number of benzene rings is 1. The van der Waals surface area contributed by atoms with Gasteiger partial charge in [-0.05, 0) is 37.8 Å². The van der Waals surface area contributed by atoms with Crippen LogP contribution < -0.4 is 4.74 Å². The number of carbonyl (C=O) groups is 1. The van der Waals surface area contributed by atoms with E-state index in [1.807, 2.05) is 37.3 Å². The van der Waals surface area contributed by atoms with Gasteiger partial charge >= 0.3 is 0 Å². The van der Waals surface area contributed by atoms with E-state index in [1.165, 1.54) is 32.1 Å². The largest absolute Gasteiger partial charge is 0.462 e. The van der Waals surface area contributed by atoms with E-state index in [9.17, 15) is 4.79 Å². The molecule has 0 radical (unpaired) electrons. The van der Waals surface area contributed by atoms with Crippen LogP contribution in [-0.2, 0) is 4.79 Å². The monoisotopic (exact) mass is 300 g/mol. The molecule has 2 heteroatoms. The van der Waals surface area contributed by atoms with Crippen LogP contribution in [0.25, 0.3) is 0 Å². The van der Waals surface area contributed by atoms with Gasteiger partial charge in [-0.25, -0.2) is 0 Å². The first-order valence-electron chi connectivity index (χ1n) is 8.69. The molecule has 1 fully saturated rings. The number of rotatable bonds is 8. The SMILES string of the molecule is CCCCCCCC1CCC(=O)/C1=C(\C)Oc1ccccc1. The van der Waals surface area contributed by atoms with Gasteiger partial charge in [0.1, 0.15) is 11.5 Å². The van der Waals surface area contributed by atoms with E-state index < -0.39 is 0 Å². The Labute approximate surface area is 134 Å². The Hall–Kier alpha value is -1.57. The maximum absolute atomic E-state index is 12.2. The van der Waals surface area contributed by atoms with E-state index in [1.54, 1.807) is 0 Å². The molecule has 2 rings (SSSR count). The fraction of sp³-hybridized carbons (Fsp3) is 0.550. The minimum absolute atomic E-state index is 0.284. The Morgan fingerprint density at radius 3 is 2.59 bits per heavy atom. The van der Waals surface area contributed by atoms with Crippen LogP contribution in [0.1, 0.15) is 65.2 Å². The number of ether oxygens (including phenoxy) is 1. The molecule has 2 nitrogen and oxygen atoms in total. The highest BCUT2D eigenvalue weighted by Gasteiger charge is 2.30. The summed E-state index contributed by atoms with van der Waals surface area (Å²) in [6.45, 7) is 4.18. The molecule has 0 bridgehead atoms. The van der Waals surface area contributed by atoms with Crippen LogP contribution in [0, 0.1) is 5.92 Å². The van der Waals surface area contributed by atoms with E-state index in [0.29, 0.717) is 12.3 Å². The third kappa shape index (κ3) is 4.72. The molecule has 0 N–H and O–H groups in total. The van der Waals surface area contributed by atoms with Gasteiger partial charge in [0.25, 0.3) is 0 Å². The summed E-state index contributed by atoms with van der Waals surface area (Å²) >= 11 is 0. The van der Waals surface area contributed by atoms with Crippen molar-refractivity contribution in [3.05, 3.63) is 41.7 Å². The van der Waals surface area contributed by atoms with E-state index in [0.717, 1.165) is 29.9 Å².